The first-order valence-corrected chi connectivity index (χ1v) is 9.01. The molecule has 0 aliphatic carbocycles. The molecule has 27 heavy (non-hydrogen) atoms. The van der Waals surface area contributed by atoms with E-state index in [1.807, 2.05) is 54.6 Å². The van der Waals surface area contributed by atoms with Crippen LogP contribution >= 0.6 is 0 Å². The molecule has 1 aliphatic rings. The van der Waals surface area contributed by atoms with Gasteiger partial charge in [-0.05, 0) is 35.6 Å². The van der Waals surface area contributed by atoms with E-state index in [4.69, 9.17) is 0 Å². The quantitative estimate of drug-likeness (QED) is 0.763. The summed E-state index contributed by atoms with van der Waals surface area (Å²) in [5, 5.41) is 8.47. The third-order valence-corrected chi connectivity index (χ3v) is 4.66. The van der Waals surface area contributed by atoms with E-state index in [-0.39, 0.29) is 17.4 Å². The molecule has 2 aromatic rings. The van der Waals surface area contributed by atoms with E-state index in [1.54, 1.807) is 6.92 Å². The Labute approximate surface area is 159 Å². The normalized spacial score (nSPS) is 17.2. The first-order chi connectivity index (χ1) is 12.8. The lowest BCUT2D eigenvalue weighted by Gasteiger charge is -2.29. The molecule has 0 saturated carbocycles. The lowest BCUT2D eigenvalue weighted by molar-refractivity contribution is -0.113. The number of hydrogen-bond acceptors (Lipinski definition) is 2. The summed E-state index contributed by atoms with van der Waals surface area (Å²) in [4.78, 5) is 25.0. The monoisotopic (exact) mass is 363 g/mol. The van der Waals surface area contributed by atoms with Crippen molar-refractivity contribution in [1.82, 2.24) is 10.6 Å². The van der Waals surface area contributed by atoms with Gasteiger partial charge in [-0.15, -0.1) is 0 Å². The summed E-state index contributed by atoms with van der Waals surface area (Å²) < 4.78 is 0. The van der Waals surface area contributed by atoms with E-state index < -0.39 is 6.04 Å². The maximum atomic E-state index is 12.9. The van der Waals surface area contributed by atoms with Gasteiger partial charge in [0.15, 0.2) is 0 Å². The van der Waals surface area contributed by atoms with Crippen LogP contribution in [0.4, 0.5) is 10.5 Å². The molecule has 140 valence electrons. The summed E-state index contributed by atoms with van der Waals surface area (Å²) in [7, 11) is 0. The number of allylic oxidation sites excluding steroid dienone is 1. The van der Waals surface area contributed by atoms with Crippen LogP contribution in [0.1, 0.15) is 44.9 Å². The fraction of sp³-hybridized carbons (Fsp3) is 0.273. The number of amides is 3. The van der Waals surface area contributed by atoms with Crippen LogP contribution in [-0.4, -0.2) is 11.9 Å². The molecule has 1 atom stereocenters. The van der Waals surface area contributed by atoms with Crippen LogP contribution in [-0.2, 0) is 10.2 Å². The Balaban J connectivity index is 1.93. The van der Waals surface area contributed by atoms with Gasteiger partial charge in [0.05, 0.1) is 11.6 Å². The summed E-state index contributed by atoms with van der Waals surface area (Å²) in [6.45, 7) is 8.19. The van der Waals surface area contributed by atoms with E-state index in [1.165, 1.54) is 5.56 Å². The Morgan fingerprint density at radius 3 is 2.22 bits per heavy atom. The van der Waals surface area contributed by atoms with Crippen LogP contribution in [0.3, 0.4) is 0 Å². The first-order valence-electron chi connectivity index (χ1n) is 9.01. The Bertz CT molecular complexity index is 878. The van der Waals surface area contributed by atoms with E-state index in [2.05, 4.69) is 36.7 Å². The third-order valence-electron chi connectivity index (χ3n) is 4.66. The van der Waals surface area contributed by atoms with Crippen LogP contribution in [0, 0.1) is 0 Å². The molecule has 3 N–H and O–H groups in total. The number of nitrogens with one attached hydrogen (secondary N) is 3. The van der Waals surface area contributed by atoms with Crippen LogP contribution in [0.5, 0.6) is 0 Å². The smallest absolute Gasteiger partial charge is 0.319 e. The molecule has 1 aliphatic heterocycles. The van der Waals surface area contributed by atoms with Crippen molar-refractivity contribution < 1.29 is 9.59 Å². The number of urea groups is 1. The van der Waals surface area contributed by atoms with Gasteiger partial charge in [0.1, 0.15) is 0 Å². The molecule has 5 heteroatoms. The lowest BCUT2D eigenvalue weighted by Crippen LogP contribution is -2.46. The van der Waals surface area contributed by atoms with Gasteiger partial charge in [0.25, 0.3) is 5.91 Å². The minimum absolute atomic E-state index is 0.0369. The maximum absolute atomic E-state index is 12.9. The van der Waals surface area contributed by atoms with Crippen molar-refractivity contribution in [3.63, 3.8) is 0 Å². The van der Waals surface area contributed by atoms with Crippen LogP contribution in [0.25, 0.3) is 0 Å². The van der Waals surface area contributed by atoms with Gasteiger partial charge in [-0.25, -0.2) is 4.79 Å². The summed E-state index contributed by atoms with van der Waals surface area (Å²) in [5.74, 6) is -0.240. The second kappa shape index (κ2) is 7.27. The van der Waals surface area contributed by atoms with Crippen molar-refractivity contribution in [3.8, 4) is 0 Å². The van der Waals surface area contributed by atoms with Crippen molar-refractivity contribution in [3.05, 3.63) is 77.0 Å². The highest BCUT2D eigenvalue weighted by atomic mass is 16.2. The van der Waals surface area contributed by atoms with Gasteiger partial charge >= 0.3 is 6.03 Å². The second-order valence-electron chi connectivity index (χ2n) is 7.76. The predicted octanol–water partition coefficient (Wildman–Crippen LogP) is 4.25. The van der Waals surface area contributed by atoms with Crippen molar-refractivity contribution in [2.24, 2.45) is 0 Å². The molecule has 0 saturated heterocycles. The molecule has 0 unspecified atom stereocenters. The Hall–Kier alpha value is -3.08. The molecular formula is C22H25N3O2. The molecule has 3 rings (SSSR count). The fourth-order valence-electron chi connectivity index (χ4n) is 3.14. The van der Waals surface area contributed by atoms with E-state index in [0.717, 1.165) is 5.56 Å². The van der Waals surface area contributed by atoms with Crippen LogP contribution in [0.15, 0.2) is 65.9 Å². The number of anilines is 1. The van der Waals surface area contributed by atoms with Gasteiger partial charge in [-0.2, -0.15) is 0 Å². The number of benzene rings is 2. The number of rotatable bonds is 3. The average molecular weight is 363 g/mol. The molecule has 0 spiro atoms. The Morgan fingerprint density at radius 2 is 1.63 bits per heavy atom. The van der Waals surface area contributed by atoms with Crippen molar-refractivity contribution in [1.29, 1.82) is 0 Å². The lowest BCUT2D eigenvalue weighted by atomic mass is 9.85. The Morgan fingerprint density at radius 1 is 1.00 bits per heavy atom. The van der Waals surface area contributed by atoms with Crippen LogP contribution in [0.2, 0.25) is 0 Å². The standard InChI is InChI=1S/C22H25N3O2/c1-14-18(20(26)24-17-8-6-5-7-9-17)19(25-21(27)23-14)15-10-12-16(13-11-15)22(2,3)4/h5-13,19H,1-4H3,(H,24,26)(H2,23,25,27)/t19-/m0/s1. The number of carbonyl (C=O) groups excluding carboxylic acids is 2. The zero-order valence-electron chi connectivity index (χ0n) is 16.1. The molecule has 0 radical (unpaired) electrons. The number of carbonyl (C=O) groups is 2. The molecule has 0 fully saturated rings. The topological polar surface area (TPSA) is 70.2 Å². The molecule has 5 nitrogen and oxygen atoms in total. The van der Waals surface area contributed by atoms with Gasteiger partial charge in [0, 0.05) is 11.4 Å². The first kappa shape index (κ1) is 18.7. The molecule has 3 amide bonds. The Kier molecular flexibility index (Phi) is 5.04. The molecular weight excluding hydrogens is 338 g/mol. The molecule has 1 heterocycles. The average Bonchev–Trinajstić information content (AvgIpc) is 2.61. The SMILES string of the molecule is CC1=C(C(=O)Nc2ccccc2)[C@H](c2ccc(C(C)(C)C)cc2)NC(=O)N1. The highest BCUT2D eigenvalue weighted by molar-refractivity contribution is 6.06. The number of para-hydroxylation sites is 1. The summed E-state index contributed by atoms with van der Waals surface area (Å²) in [6, 6.07) is 16.5. The van der Waals surface area contributed by atoms with Crippen molar-refractivity contribution >= 4 is 17.6 Å². The predicted molar refractivity (Wildman–Crippen MR) is 107 cm³/mol. The van der Waals surface area contributed by atoms with E-state index in [9.17, 15) is 9.59 Å². The van der Waals surface area contributed by atoms with Gasteiger partial charge in [-0.1, -0.05) is 63.2 Å². The van der Waals surface area contributed by atoms with Gasteiger partial charge in [-0.3, -0.25) is 4.79 Å². The van der Waals surface area contributed by atoms with Gasteiger partial charge < -0.3 is 16.0 Å². The summed E-state index contributed by atoms with van der Waals surface area (Å²) >= 11 is 0. The maximum Gasteiger partial charge on any atom is 0.319 e. The third kappa shape index (κ3) is 4.19. The second-order valence-corrected chi connectivity index (χ2v) is 7.76. The van der Waals surface area contributed by atoms with E-state index in [0.29, 0.717) is 17.0 Å². The highest BCUT2D eigenvalue weighted by Crippen LogP contribution is 2.30. The molecule has 2 aromatic carbocycles. The highest BCUT2D eigenvalue weighted by Gasteiger charge is 2.31. The number of hydrogen-bond donors (Lipinski definition) is 3. The minimum Gasteiger partial charge on any atom is -0.327 e. The summed E-state index contributed by atoms with van der Waals surface area (Å²) in [5.41, 5.74) is 3.87. The fourth-order valence-corrected chi connectivity index (χ4v) is 3.14. The minimum atomic E-state index is -0.503. The van der Waals surface area contributed by atoms with Crippen molar-refractivity contribution in [2.75, 3.05) is 5.32 Å². The summed E-state index contributed by atoms with van der Waals surface area (Å²) in [6.07, 6.45) is 0. The zero-order chi connectivity index (χ0) is 19.6. The zero-order valence-corrected chi connectivity index (χ0v) is 16.1. The van der Waals surface area contributed by atoms with Gasteiger partial charge in [0.2, 0.25) is 0 Å². The van der Waals surface area contributed by atoms with Crippen molar-refractivity contribution in [2.45, 2.75) is 39.2 Å². The largest absolute Gasteiger partial charge is 0.327 e. The van der Waals surface area contributed by atoms with Crippen LogP contribution < -0.4 is 16.0 Å². The van der Waals surface area contributed by atoms with E-state index >= 15 is 0 Å². The molecule has 0 bridgehead atoms. The molecule has 0 aromatic heterocycles.